The fraction of sp³-hybridized carbons (Fsp3) is 0.355. The molecular formula is C31H37FN2. The molecule has 0 heterocycles. The van der Waals surface area contributed by atoms with Crippen LogP contribution in [0.1, 0.15) is 81.0 Å². The zero-order valence-electron chi connectivity index (χ0n) is 20.6. The molecule has 178 valence electrons. The first-order valence-electron chi connectivity index (χ1n) is 12.7. The van der Waals surface area contributed by atoms with Gasteiger partial charge in [0.05, 0.1) is 12.4 Å². The van der Waals surface area contributed by atoms with Gasteiger partial charge in [-0.25, -0.2) is 4.39 Å². The molecule has 3 aromatic rings. The summed E-state index contributed by atoms with van der Waals surface area (Å²) in [6.07, 6.45) is 14.2. The maximum Gasteiger partial charge on any atom is 0.131 e. The molecule has 0 aliphatic carbocycles. The Labute approximate surface area is 204 Å². The van der Waals surface area contributed by atoms with Gasteiger partial charge in [0.2, 0.25) is 0 Å². The minimum absolute atomic E-state index is 0.245. The molecule has 0 saturated carbocycles. The summed E-state index contributed by atoms with van der Waals surface area (Å²) in [5.41, 5.74) is 5.89. The summed E-state index contributed by atoms with van der Waals surface area (Å²) in [4.78, 5) is 0. The summed E-state index contributed by atoms with van der Waals surface area (Å²) in [5.74, 6) is -0.245. The fourth-order valence-electron chi connectivity index (χ4n) is 4.08. The van der Waals surface area contributed by atoms with Gasteiger partial charge in [0, 0.05) is 5.56 Å². The molecule has 0 amide bonds. The first-order valence-corrected chi connectivity index (χ1v) is 12.7. The van der Waals surface area contributed by atoms with Crippen LogP contribution in [0.15, 0.2) is 76.9 Å². The Kier molecular flexibility index (Phi) is 10.7. The highest BCUT2D eigenvalue weighted by Gasteiger charge is 2.06. The number of unbranched alkanes of at least 4 members (excludes halogenated alkanes) is 5. The van der Waals surface area contributed by atoms with Crippen LogP contribution in [-0.4, -0.2) is 12.4 Å². The molecule has 3 aromatic carbocycles. The third kappa shape index (κ3) is 8.06. The second-order valence-corrected chi connectivity index (χ2v) is 8.89. The van der Waals surface area contributed by atoms with E-state index in [-0.39, 0.29) is 5.82 Å². The van der Waals surface area contributed by atoms with Gasteiger partial charge in [-0.2, -0.15) is 10.2 Å². The Bertz CT molecular complexity index is 1070. The third-order valence-electron chi connectivity index (χ3n) is 6.15. The molecule has 0 aromatic heterocycles. The molecule has 0 spiro atoms. The number of benzene rings is 3. The van der Waals surface area contributed by atoms with E-state index in [1.807, 2.05) is 30.3 Å². The van der Waals surface area contributed by atoms with Crippen LogP contribution in [0.5, 0.6) is 0 Å². The van der Waals surface area contributed by atoms with Crippen molar-refractivity contribution in [1.29, 1.82) is 0 Å². The number of aryl methyl sites for hydroxylation is 2. The molecule has 0 atom stereocenters. The molecule has 0 N–H and O–H groups in total. The number of halogens is 1. The van der Waals surface area contributed by atoms with Crippen molar-refractivity contribution < 1.29 is 4.39 Å². The Morgan fingerprint density at radius 3 is 2.21 bits per heavy atom. The smallest absolute Gasteiger partial charge is 0.131 e. The van der Waals surface area contributed by atoms with Crippen molar-refractivity contribution in [2.24, 2.45) is 10.2 Å². The summed E-state index contributed by atoms with van der Waals surface area (Å²) in [6.45, 7) is 4.43. The van der Waals surface area contributed by atoms with Crippen molar-refractivity contribution in [1.82, 2.24) is 0 Å². The van der Waals surface area contributed by atoms with Gasteiger partial charge in [0.1, 0.15) is 5.82 Å². The van der Waals surface area contributed by atoms with Gasteiger partial charge in [-0.1, -0.05) is 107 Å². The van der Waals surface area contributed by atoms with E-state index in [1.54, 1.807) is 12.4 Å². The summed E-state index contributed by atoms with van der Waals surface area (Å²) >= 11 is 0. The van der Waals surface area contributed by atoms with Gasteiger partial charge < -0.3 is 0 Å². The second kappa shape index (κ2) is 14.2. The lowest BCUT2D eigenvalue weighted by Gasteiger charge is -2.07. The van der Waals surface area contributed by atoms with E-state index in [2.05, 4.69) is 54.4 Å². The molecule has 0 aliphatic heterocycles. The van der Waals surface area contributed by atoms with Gasteiger partial charge in [-0.15, -0.1) is 0 Å². The monoisotopic (exact) mass is 456 g/mol. The van der Waals surface area contributed by atoms with E-state index in [0.717, 1.165) is 36.8 Å². The van der Waals surface area contributed by atoms with Crippen LogP contribution in [0.3, 0.4) is 0 Å². The molecule has 0 aliphatic rings. The molecule has 2 nitrogen and oxygen atoms in total. The van der Waals surface area contributed by atoms with Crippen molar-refractivity contribution in [3.8, 4) is 11.1 Å². The summed E-state index contributed by atoms with van der Waals surface area (Å²) in [5, 5.41) is 8.33. The van der Waals surface area contributed by atoms with Crippen molar-refractivity contribution in [2.45, 2.75) is 71.6 Å². The van der Waals surface area contributed by atoms with Crippen LogP contribution < -0.4 is 0 Å². The zero-order chi connectivity index (χ0) is 24.0. The molecule has 34 heavy (non-hydrogen) atoms. The van der Waals surface area contributed by atoms with Gasteiger partial charge >= 0.3 is 0 Å². The van der Waals surface area contributed by atoms with Crippen LogP contribution in [0.2, 0.25) is 0 Å². The standard InChI is InChI=1S/C31H37FN2/c1-3-5-7-8-9-12-25-16-19-28(20-17-25)30-21-18-26(22-31(30)32)23-33-34-24-29-15-11-10-14-27(29)13-6-4-2/h10-11,14-24H,3-9,12-13H2,1-2H3. The molecular weight excluding hydrogens is 419 g/mol. The Hall–Kier alpha value is -3.07. The highest BCUT2D eigenvalue weighted by molar-refractivity contribution is 5.84. The van der Waals surface area contributed by atoms with E-state index in [0.29, 0.717) is 11.1 Å². The normalized spacial score (nSPS) is 11.6. The van der Waals surface area contributed by atoms with E-state index in [4.69, 9.17) is 0 Å². The first kappa shape index (κ1) is 25.6. The average Bonchev–Trinajstić information content (AvgIpc) is 2.86. The van der Waals surface area contributed by atoms with E-state index in [1.165, 1.54) is 49.3 Å². The first-order chi connectivity index (χ1) is 16.7. The topological polar surface area (TPSA) is 24.7 Å². The van der Waals surface area contributed by atoms with Crippen molar-refractivity contribution in [3.63, 3.8) is 0 Å². The highest BCUT2D eigenvalue weighted by atomic mass is 19.1. The van der Waals surface area contributed by atoms with Crippen LogP contribution >= 0.6 is 0 Å². The van der Waals surface area contributed by atoms with Gasteiger partial charge in [0.25, 0.3) is 0 Å². The minimum atomic E-state index is -0.245. The molecule has 0 unspecified atom stereocenters. The number of rotatable bonds is 13. The summed E-state index contributed by atoms with van der Waals surface area (Å²) in [7, 11) is 0. The maximum absolute atomic E-state index is 14.8. The van der Waals surface area contributed by atoms with Crippen LogP contribution in [-0.2, 0) is 12.8 Å². The fourth-order valence-corrected chi connectivity index (χ4v) is 4.08. The third-order valence-corrected chi connectivity index (χ3v) is 6.15. The molecule has 0 bridgehead atoms. The maximum atomic E-state index is 14.8. The second-order valence-electron chi connectivity index (χ2n) is 8.89. The molecule has 0 fully saturated rings. The molecule has 3 heteroatoms. The van der Waals surface area contributed by atoms with Gasteiger partial charge in [0.15, 0.2) is 0 Å². The van der Waals surface area contributed by atoms with Crippen molar-refractivity contribution >= 4 is 12.4 Å². The highest BCUT2D eigenvalue weighted by Crippen LogP contribution is 2.24. The number of nitrogens with zero attached hydrogens (tertiary/aromatic N) is 2. The number of hydrogen-bond acceptors (Lipinski definition) is 2. The average molecular weight is 457 g/mol. The molecule has 0 saturated heterocycles. The summed E-state index contributed by atoms with van der Waals surface area (Å²) < 4.78 is 14.8. The lowest BCUT2D eigenvalue weighted by Crippen LogP contribution is -1.92. The molecule has 3 rings (SSSR count). The van der Waals surface area contributed by atoms with Crippen LogP contribution in [0.4, 0.5) is 4.39 Å². The minimum Gasteiger partial charge on any atom is -0.206 e. The van der Waals surface area contributed by atoms with Gasteiger partial charge in [-0.05, 0) is 59.6 Å². The van der Waals surface area contributed by atoms with Crippen molar-refractivity contribution in [3.05, 3.63) is 94.8 Å². The zero-order valence-corrected chi connectivity index (χ0v) is 20.6. The van der Waals surface area contributed by atoms with Crippen LogP contribution in [0.25, 0.3) is 11.1 Å². The molecule has 0 radical (unpaired) electrons. The largest absolute Gasteiger partial charge is 0.206 e. The lowest BCUT2D eigenvalue weighted by molar-refractivity contribution is 0.630. The quantitative estimate of drug-likeness (QED) is 0.139. The summed E-state index contributed by atoms with van der Waals surface area (Å²) in [6, 6.07) is 21.8. The number of hydrogen-bond donors (Lipinski definition) is 0. The van der Waals surface area contributed by atoms with E-state index in [9.17, 15) is 4.39 Å². The van der Waals surface area contributed by atoms with Crippen molar-refractivity contribution in [2.75, 3.05) is 0 Å². The Balaban J connectivity index is 1.59. The predicted octanol–water partition coefficient (Wildman–Crippen LogP) is 8.80. The van der Waals surface area contributed by atoms with Gasteiger partial charge in [-0.3, -0.25) is 0 Å². The van der Waals surface area contributed by atoms with Crippen LogP contribution in [0, 0.1) is 5.82 Å². The predicted molar refractivity (Wildman–Crippen MR) is 145 cm³/mol. The lowest BCUT2D eigenvalue weighted by atomic mass is 10.00. The SMILES string of the molecule is CCCCCCCc1ccc(-c2ccc(C=NN=Cc3ccccc3CCCC)cc2F)cc1. The Morgan fingerprint density at radius 2 is 1.44 bits per heavy atom. The van der Waals surface area contributed by atoms with E-state index >= 15 is 0 Å². The van der Waals surface area contributed by atoms with E-state index < -0.39 is 0 Å². The Morgan fingerprint density at radius 1 is 0.706 bits per heavy atom.